The highest BCUT2D eigenvalue weighted by Gasteiger charge is 2.30. The molecule has 2 aliphatic heterocycles. The van der Waals surface area contributed by atoms with Crippen molar-refractivity contribution in [1.82, 2.24) is 20.1 Å². The average Bonchev–Trinajstić information content (AvgIpc) is 2.81. The summed E-state index contributed by atoms with van der Waals surface area (Å²) in [5.74, 6) is 0.428. The largest absolute Gasteiger partial charge is 0.356 e. The van der Waals surface area contributed by atoms with Crippen LogP contribution in [0.25, 0.3) is 0 Å². The Morgan fingerprint density at radius 2 is 1.67 bits per heavy atom. The minimum absolute atomic E-state index is 0.182. The van der Waals surface area contributed by atoms with Crippen LogP contribution in [0.1, 0.15) is 36.9 Å². The SMILES string of the molecule is O=C(NCCc1ccccc1)C1CCN(C2CCN(Cc3ccccn3)CC2)CC1. The fraction of sp³-hybridized carbons (Fsp3) is 0.520. The number of nitrogens with zero attached hydrogens (tertiary/aromatic N) is 3. The zero-order valence-corrected chi connectivity index (χ0v) is 17.9. The molecule has 3 heterocycles. The molecule has 160 valence electrons. The molecular formula is C25H34N4O. The molecule has 4 rings (SSSR count). The molecule has 5 heteroatoms. The van der Waals surface area contributed by atoms with Gasteiger partial charge in [-0.3, -0.25) is 14.7 Å². The monoisotopic (exact) mass is 406 g/mol. The van der Waals surface area contributed by atoms with Crippen LogP contribution in [0.5, 0.6) is 0 Å². The number of hydrogen-bond donors (Lipinski definition) is 1. The van der Waals surface area contributed by atoms with Gasteiger partial charge in [-0.15, -0.1) is 0 Å². The third-order valence-corrected chi connectivity index (χ3v) is 6.64. The zero-order chi connectivity index (χ0) is 20.6. The summed E-state index contributed by atoms with van der Waals surface area (Å²) in [6.45, 7) is 6.09. The van der Waals surface area contributed by atoms with Gasteiger partial charge >= 0.3 is 0 Å². The number of benzene rings is 1. The predicted molar refractivity (Wildman–Crippen MR) is 120 cm³/mol. The molecule has 30 heavy (non-hydrogen) atoms. The summed E-state index contributed by atoms with van der Waals surface area (Å²) in [7, 11) is 0. The second kappa shape index (κ2) is 10.7. The molecule has 2 aliphatic rings. The van der Waals surface area contributed by atoms with Crippen molar-refractivity contribution in [2.45, 2.75) is 44.7 Å². The first kappa shape index (κ1) is 21.0. The molecule has 2 aromatic rings. The number of carbonyl (C=O) groups excluding carboxylic acids is 1. The Balaban J connectivity index is 1.14. The normalized spacial score (nSPS) is 19.6. The van der Waals surface area contributed by atoms with Crippen LogP contribution in [0, 0.1) is 5.92 Å². The number of rotatable bonds is 7. The maximum atomic E-state index is 12.5. The van der Waals surface area contributed by atoms with Gasteiger partial charge in [0.15, 0.2) is 0 Å². The van der Waals surface area contributed by atoms with E-state index in [4.69, 9.17) is 0 Å². The fourth-order valence-electron chi connectivity index (χ4n) is 4.81. The van der Waals surface area contributed by atoms with Gasteiger partial charge in [0.1, 0.15) is 0 Å². The molecule has 5 nitrogen and oxygen atoms in total. The number of likely N-dealkylation sites (tertiary alicyclic amines) is 2. The Labute approximate surface area is 180 Å². The molecule has 0 atom stereocenters. The highest BCUT2D eigenvalue weighted by atomic mass is 16.1. The van der Waals surface area contributed by atoms with Crippen molar-refractivity contribution in [3.8, 4) is 0 Å². The highest BCUT2D eigenvalue weighted by molar-refractivity contribution is 5.78. The standard InChI is InChI=1S/C25H34N4O/c30-25(27-15-9-21-6-2-1-3-7-21)22-10-18-29(19-11-22)24-12-16-28(17-13-24)20-23-8-4-5-14-26-23/h1-8,14,22,24H,9-13,15-20H2,(H,27,30). The van der Waals surface area contributed by atoms with Gasteiger partial charge in [-0.2, -0.15) is 0 Å². The summed E-state index contributed by atoms with van der Waals surface area (Å²) in [5.41, 5.74) is 2.44. The molecule has 0 unspecified atom stereocenters. The van der Waals surface area contributed by atoms with Gasteiger partial charge in [0, 0.05) is 44.3 Å². The summed E-state index contributed by atoms with van der Waals surface area (Å²) in [4.78, 5) is 22.2. The molecule has 2 saturated heterocycles. The Morgan fingerprint density at radius 3 is 2.37 bits per heavy atom. The quantitative estimate of drug-likeness (QED) is 0.768. The summed E-state index contributed by atoms with van der Waals surface area (Å²) in [5, 5.41) is 3.15. The third-order valence-electron chi connectivity index (χ3n) is 6.64. The van der Waals surface area contributed by atoms with Crippen LogP contribution in [-0.2, 0) is 17.8 Å². The maximum Gasteiger partial charge on any atom is 0.223 e. The Kier molecular flexibility index (Phi) is 7.49. The Hall–Kier alpha value is -2.24. The van der Waals surface area contributed by atoms with E-state index in [1.54, 1.807) is 0 Å². The van der Waals surface area contributed by atoms with Gasteiger partial charge in [0.2, 0.25) is 5.91 Å². The van der Waals surface area contributed by atoms with Crippen LogP contribution in [0.15, 0.2) is 54.7 Å². The number of carbonyl (C=O) groups is 1. The van der Waals surface area contributed by atoms with Crippen LogP contribution in [0.3, 0.4) is 0 Å². The lowest BCUT2D eigenvalue weighted by atomic mass is 9.92. The van der Waals surface area contributed by atoms with E-state index < -0.39 is 0 Å². The van der Waals surface area contributed by atoms with Crippen LogP contribution < -0.4 is 5.32 Å². The molecular weight excluding hydrogens is 372 g/mol. The molecule has 2 fully saturated rings. The molecule has 1 amide bonds. The van der Waals surface area contributed by atoms with Gasteiger partial charge in [-0.1, -0.05) is 36.4 Å². The van der Waals surface area contributed by atoms with Gasteiger partial charge in [-0.05, 0) is 62.9 Å². The van der Waals surface area contributed by atoms with E-state index in [1.165, 1.54) is 18.4 Å². The maximum absolute atomic E-state index is 12.5. The molecule has 0 saturated carbocycles. The Morgan fingerprint density at radius 1 is 0.933 bits per heavy atom. The van der Waals surface area contributed by atoms with Crippen molar-refractivity contribution >= 4 is 5.91 Å². The van der Waals surface area contributed by atoms with E-state index in [0.717, 1.165) is 64.2 Å². The van der Waals surface area contributed by atoms with Gasteiger partial charge in [0.25, 0.3) is 0 Å². The second-order valence-electron chi connectivity index (χ2n) is 8.67. The summed E-state index contributed by atoms with van der Waals surface area (Å²) in [6, 6.07) is 17.2. The van der Waals surface area contributed by atoms with E-state index in [1.807, 2.05) is 18.3 Å². The molecule has 0 radical (unpaired) electrons. The molecule has 1 N–H and O–H groups in total. The molecule has 0 aliphatic carbocycles. The third kappa shape index (κ3) is 5.89. The summed E-state index contributed by atoms with van der Waals surface area (Å²) >= 11 is 0. The first-order chi connectivity index (χ1) is 14.8. The topological polar surface area (TPSA) is 48.5 Å². The first-order valence-corrected chi connectivity index (χ1v) is 11.5. The lowest BCUT2D eigenvalue weighted by Crippen LogP contribution is -2.49. The molecule has 1 aromatic carbocycles. The van der Waals surface area contributed by atoms with E-state index in [0.29, 0.717) is 6.04 Å². The van der Waals surface area contributed by atoms with Gasteiger partial charge < -0.3 is 10.2 Å². The fourth-order valence-corrected chi connectivity index (χ4v) is 4.81. The minimum atomic E-state index is 0.182. The first-order valence-electron chi connectivity index (χ1n) is 11.5. The van der Waals surface area contributed by atoms with Crippen molar-refractivity contribution in [2.24, 2.45) is 5.92 Å². The number of hydrogen-bond acceptors (Lipinski definition) is 4. The lowest BCUT2D eigenvalue weighted by molar-refractivity contribution is -0.126. The van der Waals surface area contributed by atoms with Crippen molar-refractivity contribution in [3.63, 3.8) is 0 Å². The summed E-state index contributed by atoms with van der Waals surface area (Å²) in [6.07, 6.45) is 7.21. The molecule has 0 bridgehead atoms. The predicted octanol–water partition coefficient (Wildman–Crippen LogP) is 3.12. The smallest absolute Gasteiger partial charge is 0.223 e. The number of nitrogens with one attached hydrogen (secondary N) is 1. The van der Waals surface area contributed by atoms with Crippen molar-refractivity contribution in [2.75, 3.05) is 32.7 Å². The van der Waals surface area contributed by atoms with E-state index in [9.17, 15) is 4.79 Å². The van der Waals surface area contributed by atoms with Gasteiger partial charge in [-0.25, -0.2) is 0 Å². The van der Waals surface area contributed by atoms with E-state index in [-0.39, 0.29) is 11.8 Å². The van der Waals surface area contributed by atoms with Crippen LogP contribution in [0.2, 0.25) is 0 Å². The zero-order valence-electron chi connectivity index (χ0n) is 17.9. The minimum Gasteiger partial charge on any atom is -0.356 e. The summed E-state index contributed by atoms with van der Waals surface area (Å²) < 4.78 is 0. The van der Waals surface area contributed by atoms with Crippen molar-refractivity contribution in [1.29, 1.82) is 0 Å². The highest BCUT2D eigenvalue weighted by Crippen LogP contribution is 2.24. The number of amides is 1. The van der Waals surface area contributed by atoms with Crippen LogP contribution in [-0.4, -0.2) is 59.5 Å². The number of piperidine rings is 2. The number of aromatic nitrogens is 1. The van der Waals surface area contributed by atoms with Crippen molar-refractivity contribution < 1.29 is 4.79 Å². The second-order valence-corrected chi connectivity index (χ2v) is 8.67. The molecule has 0 spiro atoms. The van der Waals surface area contributed by atoms with Crippen LogP contribution in [0.4, 0.5) is 0 Å². The number of pyridine rings is 1. The van der Waals surface area contributed by atoms with Crippen molar-refractivity contribution in [3.05, 3.63) is 66.0 Å². The Bertz CT molecular complexity index is 766. The van der Waals surface area contributed by atoms with E-state index >= 15 is 0 Å². The van der Waals surface area contributed by atoms with Crippen LogP contribution >= 0.6 is 0 Å². The molecule has 1 aromatic heterocycles. The average molecular weight is 407 g/mol. The lowest BCUT2D eigenvalue weighted by Gasteiger charge is -2.41. The van der Waals surface area contributed by atoms with Gasteiger partial charge in [0.05, 0.1) is 5.69 Å². The van der Waals surface area contributed by atoms with E-state index in [2.05, 4.69) is 56.5 Å².